The van der Waals surface area contributed by atoms with E-state index in [2.05, 4.69) is 0 Å². The van der Waals surface area contributed by atoms with Crippen LogP contribution in [-0.2, 0) is 4.79 Å². The first-order valence-electron chi connectivity index (χ1n) is 3.34. The maximum Gasteiger partial charge on any atom is 0.764 e. The van der Waals surface area contributed by atoms with E-state index in [0.29, 0.717) is 6.92 Å². The molecule has 0 aliphatic carbocycles. The molecule has 0 radical (unpaired) electrons. The molecule has 0 rings (SSSR count). The molecule has 0 fully saturated rings. The summed E-state index contributed by atoms with van der Waals surface area (Å²) in [6, 6.07) is 0. The standard InChI is InChI=1S/C4H5N3O8/c1-2(8)3(9)4(5(10)11,6(12)13)7(14)15/h2,8H,1H3. The van der Waals surface area contributed by atoms with E-state index in [-0.39, 0.29) is 0 Å². The fourth-order valence-corrected chi connectivity index (χ4v) is 0.750. The maximum atomic E-state index is 10.9. The Balaban J connectivity index is 5.76. The lowest BCUT2D eigenvalue weighted by Gasteiger charge is -2.08. The monoisotopic (exact) mass is 223 g/mol. The summed E-state index contributed by atoms with van der Waals surface area (Å²) < 4.78 is 0. The number of hydrogen-bond acceptors (Lipinski definition) is 8. The van der Waals surface area contributed by atoms with E-state index in [9.17, 15) is 35.1 Å². The van der Waals surface area contributed by atoms with Crippen molar-refractivity contribution in [3.8, 4) is 0 Å². The molecule has 0 saturated carbocycles. The van der Waals surface area contributed by atoms with Gasteiger partial charge in [0.1, 0.15) is 6.10 Å². The van der Waals surface area contributed by atoms with Gasteiger partial charge in [-0.2, -0.15) is 0 Å². The number of nitro groups is 3. The Morgan fingerprint density at radius 3 is 1.47 bits per heavy atom. The Labute approximate surface area is 80.7 Å². The molecular weight excluding hydrogens is 218 g/mol. The van der Waals surface area contributed by atoms with E-state index in [4.69, 9.17) is 5.11 Å². The molecule has 1 unspecified atom stereocenters. The van der Waals surface area contributed by atoms with Crippen molar-refractivity contribution in [3.63, 3.8) is 0 Å². The molecule has 1 N–H and O–H groups in total. The zero-order valence-corrected chi connectivity index (χ0v) is 7.22. The quantitative estimate of drug-likeness (QED) is 0.330. The van der Waals surface area contributed by atoms with Crippen molar-refractivity contribution in [2.75, 3.05) is 0 Å². The summed E-state index contributed by atoms with van der Waals surface area (Å²) in [5.74, 6) is -6.35. The summed E-state index contributed by atoms with van der Waals surface area (Å²) in [5, 5.41) is 39.4. The van der Waals surface area contributed by atoms with Crippen molar-refractivity contribution in [3.05, 3.63) is 30.3 Å². The van der Waals surface area contributed by atoms with Crippen LogP contribution in [0.3, 0.4) is 0 Å². The van der Waals surface area contributed by atoms with Crippen LogP contribution in [0.2, 0.25) is 0 Å². The molecule has 84 valence electrons. The van der Waals surface area contributed by atoms with Crippen LogP contribution in [-0.4, -0.2) is 37.6 Å². The van der Waals surface area contributed by atoms with Gasteiger partial charge in [-0.1, -0.05) is 0 Å². The summed E-state index contributed by atoms with van der Waals surface area (Å²) in [7, 11) is 0. The Kier molecular flexibility index (Phi) is 3.35. The highest BCUT2D eigenvalue weighted by atomic mass is 16.7. The molecule has 0 heterocycles. The lowest BCUT2D eigenvalue weighted by molar-refractivity contribution is -0.947. The highest BCUT2D eigenvalue weighted by Gasteiger charge is 2.78. The minimum Gasteiger partial charge on any atom is -0.385 e. The van der Waals surface area contributed by atoms with Gasteiger partial charge in [0, 0.05) is 0 Å². The zero-order chi connectivity index (χ0) is 12.4. The van der Waals surface area contributed by atoms with Gasteiger partial charge in [-0.25, -0.2) is 0 Å². The third-order valence-electron chi connectivity index (χ3n) is 1.47. The van der Waals surface area contributed by atoms with Crippen molar-refractivity contribution in [1.29, 1.82) is 0 Å². The van der Waals surface area contributed by atoms with E-state index in [1.807, 2.05) is 0 Å². The van der Waals surface area contributed by atoms with Crippen molar-refractivity contribution in [2.45, 2.75) is 18.8 Å². The van der Waals surface area contributed by atoms with Gasteiger partial charge in [-0.3, -0.25) is 35.1 Å². The molecule has 0 bridgehead atoms. The fraction of sp³-hybridized carbons (Fsp3) is 0.750. The van der Waals surface area contributed by atoms with Gasteiger partial charge in [0.25, 0.3) is 0 Å². The van der Waals surface area contributed by atoms with E-state index in [1.54, 1.807) is 0 Å². The molecule has 0 aromatic rings. The molecule has 0 aliphatic rings. The second-order valence-electron chi connectivity index (χ2n) is 2.45. The number of nitrogens with zero attached hydrogens (tertiary/aromatic N) is 3. The number of aliphatic hydroxyl groups is 1. The first-order valence-corrected chi connectivity index (χ1v) is 3.34. The summed E-state index contributed by atoms with van der Waals surface area (Å²) in [5.41, 5.74) is 0. The van der Waals surface area contributed by atoms with Crippen LogP contribution in [0.5, 0.6) is 0 Å². The van der Waals surface area contributed by atoms with Crippen LogP contribution in [0.15, 0.2) is 0 Å². The maximum absolute atomic E-state index is 10.9. The Morgan fingerprint density at radius 1 is 1.13 bits per heavy atom. The van der Waals surface area contributed by atoms with Gasteiger partial charge in [-0.05, 0) is 6.92 Å². The van der Waals surface area contributed by atoms with Crippen molar-refractivity contribution >= 4 is 5.78 Å². The number of carbonyl (C=O) groups excluding carboxylic acids is 1. The molecule has 0 aliphatic heterocycles. The van der Waals surface area contributed by atoms with E-state index >= 15 is 0 Å². The van der Waals surface area contributed by atoms with Gasteiger partial charge < -0.3 is 5.11 Å². The first-order chi connectivity index (χ1) is 6.68. The molecule has 0 amide bonds. The van der Waals surface area contributed by atoms with Crippen LogP contribution in [0, 0.1) is 30.3 Å². The summed E-state index contributed by atoms with van der Waals surface area (Å²) >= 11 is 0. The Morgan fingerprint density at radius 2 is 1.40 bits per heavy atom. The number of hydrogen-bond donors (Lipinski definition) is 1. The number of carbonyl (C=O) groups is 1. The van der Waals surface area contributed by atoms with Crippen LogP contribution < -0.4 is 0 Å². The normalized spacial score (nSPS) is 12.9. The molecule has 0 saturated heterocycles. The third kappa shape index (κ3) is 1.71. The zero-order valence-electron chi connectivity index (χ0n) is 7.22. The average Bonchev–Trinajstić information content (AvgIpc) is 2.02. The Bertz CT molecular complexity index is 299. The van der Waals surface area contributed by atoms with Crippen LogP contribution in [0.1, 0.15) is 6.92 Å². The van der Waals surface area contributed by atoms with Gasteiger partial charge in [-0.15, -0.1) is 0 Å². The second-order valence-corrected chi connectivity index (χ2v) is 2.45. The molecule has 15 heavy (non-hydrogen) atoms. The third-order valence-corrected chi connectivity index (χ3v) is 1.47. The molecule has 11 nitrogen and oxygen atoms in total. The van der Waals surface area contributed by atoms with Gasteiger partial charge in [0.05, 0.1) is 0 Å². The summed E-state index contributed by atoms with van der Waals surface area (Å²) in [6.45, 7) is 0.660. The minimum absolute atomic E-state index is 0.660. The molecule has 11 heteroatoms. The predicted octanol–water partition coefficient (Wildman–Crippen LogP) is -1.58. The SMILES string of the molecule is CC(O)C(=O)C([N+](=O)[O-])([N+](=O)[O-])[N+](=O)[O-]. The number of aliphatic hydroxyl groups excluding tert-OH is 1. The molecule has 0 aromatic carbocycles. The lowest BCUT2D eigenvalue weighted by Crippen LogP contribution is -2.62. The first kappa shape index (κ1) is 12.8. The van der Waals surface area contributed by atoms with Gasteiger partial charge in [0.15, 0.2) is 14.8 Å². The molecule has 1 atom stereocenters. The highest BCUT2D eigenvalue weighted by Crippen LogP contribution is 2.15. The van der Waals surface area contributed by atoms with Crippen molar-refractivity contribution < 1.29 is 24.7 Å². The molecular formula is C4H5N3O8. The van der Waals surface area contributed by atoms with E-state index < -0.39 is 32.4 Å². The van der Waals surface area contributed by atoms with Crippen molar-refractivity contribution in [2.24, 2.45) is 0 Å². The molecule has 0 spiro atoms. The Hall–Kier alpha value is -2.17. The van der Waals surface area contributed by atoms with Gasteiger partial charge in [0.2, 0.25) is 0 Å². The van der Waals surface area contributed by atoms with Crippen LogP contribution in [0.4, 0.5) is 0 Å². The largest absolute Gasteiger partial charge is 0.764 e. The smallest absolute Gasteiger partial charge is 0.385 e. The second kappa shape index (κ2) is 3.91. The summed E-state index contributed by atoms with van der Waals surface area (Å²) in [6.07, 6.45) is -2.19. The predicted molar refractivity (Wildman–Crippen MR) is 40.4 cm³/mol. The topological polar surface area (TPSA) is 167 Å². The van der Waals surface area contributed by atoms with Gasteiger partial charge >= 0.3 is 11.6 Å². The highest BCUT2D eigenvalue weighted by molar-refractivity contribution is 5.87. The van der Waals surface area contributed by atoms with Crippen LogP contribution >= 0.6 is 0 Å². The minimum atomic E-state index is -4.24. The number of Topliss-reactive ketones (excluding diaryl/α,β-unsaturated/α-hetero) is 1. The fourth-order valence-electron chi connectivity index (χ4n) is 0.750. The van der Waals surface area contributed by atoms with E-state index in [0.717, 1.165) is 0 Å². The van der Waals surface area contributed by atoms with Crippen LogP contribution in [0.25, 0.3) is 0 Å². The summed E-state index contributed by atoms with van der Waals surface area (Å²) in [4.78, 5) is 35.8. The number of ketones is 1. The molecule has 0 aromatic heterocycles. The van der Waals surface area contributed by atoms with Crippen molar-refractivity contribution in [1.82, 2.24) is 0 Å². The van der Waals surface area contributed by atoms with E-state index in [1.165, 1.54) is 0 Å². The lowest BCUT2D eigenvalue weighted by atomic mass is 10.1. The number of rotatable bonds is 5. The average molecular weight is 223 g/mol.